The van der Waals surface area contributed by atoms with Gasteiger partial charge in [-0.15, -0.1) is 0 Å². The molecule has 0 atom stereocenters. The molecule has 0 aliphatic heterocycles. The van der Waals surface area contributed by atoms with E-state index in [0.717, 1.165) is 10.2 Å². The SMILES string of the molecule is CC(=O)c1cccc(OCC(=O)N=c2sc3ccccc3n2C)c1. The van der Waals surface area contributed by atoms with E-state index < -0.39 is 0 Å². The molecule has 1 amide bonds. The molecule has 3 aromatic rings. The van der Waals surface area contributed by atoms with Crippen LogP contribution in [0.15, 0.2) is 53.5 Å². The lowest BCUT2D eigenvalue weighted by Gasteiger charge is -2.04. The highest BCUT2D eigenvalue weighted by Gasteiger charge is 2.06. The summed E-state index contributed by atoms with van der Waals surface area (Å²) in [4.78, 5) is 28.2. The number of ketones is 1. The van der Waals surface area contributed by atoms with Gasteiger partial charge in [-0.3, -0.25) is 9.59 Å². The summed E-state index contributed by atoms with van der Waals surface area (Å²) in [5, 5.41) is 0. The Morgan fingerprint density at radius 1 is 1.17 bits per heavy atom. The van der Waals surface area contributed by atoms with Gasteiger partial charge in [0, 0.05) is 12.6 Å². The number of carbonyl (C=O) groups excluding carboxylic acids is 2. The zero-order valence-electron chi connectivity index (χ0n) is 13.4. The minimum Gasteiger partial charge on any atom is -0.484 e. The van der Waals surface area contributed by atoms with E-state index in [1.807, 2.05) is 35.9 Å². The molecule has 5 nitrogen and oxygen atoms in total. The van der Waals surface area contributed by atoms with Crippen LogP contribution in [0.3, 0.4) is 0 Å². The van der Waals surface area contributed by atoms with Crippen LogP contribution in [0.2, 0.25) is 0 Å². The quantitative estimate of drug-likeness (QED) is 0.686. The van der Waals surface area contributed by atoms with Crippen LogP contribution in [0.4, 0.5) is 0 Å². The van der Waals surface area contributed by atoms with Crippen LogP contribution >= 0.6 is 11.3 Å². The normalized spacial score (nSPS) is 11.7. The number of benzene rings is 2. The number of para-hydroxylation sites is 1. The first-order valence-corrected chi connectivity index (χ1v) is 8.22. The number of fused-ring (bicyclic) bond motifs is 1. The fourth-order valence-electron chi connectivity index (χ4n) is 2.28. The van der Waals surface area contributed by atoms with Crippen LogP contribution in [0.25, 0.3) is 10.2 Å². The second-order valence-corrected chi connectivity index (χ2v) is 6.30. The Morgan fingerprint density at radius 2 is 1.96 bits per heavy atom. The molecule has 0 unspecified atom stereocenters. The van der Waals surface area contributed by atoms with Crippen LogP contribution in [0, 0.1) is 0 Å². The first kappa shape index (κ1) is 16.1. The molecule has 0 fully saturated rings. The van der Waals surface area contributed by atoms with Crippen LogP contribution < -0.4 is 9.54 Å². The fourth-order valence-corrected chi connectivity index (χ4v) is 3.31. The molecular formula is C18H16N2O3S. The number of amides is 1. The third-order valence-corrected chi connectivity index (χ3v) is 4.65. The molecule has 0 aliphatic rings. The molecule has 6 heteroatoms. The number of hydrogen-bond acceptors (Lipinski definition) is 4. The Balaban J connectivity index is 1.76. The molecular weight excluding hydrogens is 324 g/mol. The highest BCUT2D eigenvalue weighted by atomic mass is 32.1. The summed E-state index contributed by atoms with van der Waals surface area (Å²) >= 11 is 1.46. The van der Waals surface area contributed by atoms with E-state index in [0.29, 0.717) is 16.1 Å². The van der Waals surface area contributed by atoms with Gasteiger partial charge in [-0.05, 0) is 31.2 Å². The van der Waals surface area contributed by atoms with Crippen molar-refractivity contribution in [1.82, 2.24) is 4.57 Å². The second kappa shape index (κ2) is 6.80. The van der Waals surface area contributed by atoms with Gasteiger partial charge in [-0.25, -0.2) is 0 Å². The Kier molecular flexibility index (Phi) is 4.57. The number of Topliss-reactive ketones (excluding diaryl/α,β-unsaturated/α-hetero) is 1. The van der Waals surface area contributed by atoms with Gasteiger partial charge < -0.3 is 9.30 Å². The molecule has 24 heavy (non-hydrogen) atoms. The van der Waals surface area contributed by atoms with Crippen molar-refractivity contribution in [3.05, 3.63) is 58.9 Å². The lowest BCUT2D eigenvalue weighted by Crippen LogP contribution is -2.17. The van der Waals surface area contributed by atoms with Crippen LogP contribution in [0.5, 0.6) is 5.75 Å². The van der Waals surface area contributed by atoms with Gasteiger partial charge in [0.25, 0.3) is 5.91 Å². The predicted octanol–water partition coefficient (Wildman–Crippen LogP) is 2.95. The molecule has 1 heterocycles. The van der Waals surface area contributed by atoms with Crippen molar-refractivity contribution in [3.8, 4) is 5.75 Å². The zero-order chi connectivity index (χ0) is 17.1. The van der Waals surface area contributed by atoms with E-state index in [1.165, 1.54) is 18.3 Å². The molecule has 0 saturated heterocycles. The first-order chi connectivity index (χ1) is 11.5. The van der Waals surface area contributed by atoms with Crippen molar-refractivity contribution >= 4 is 33.2 Å². The van der Waals surface area contributed by atoms with Crippen molar-refractivity contribution in [2.45, 2.75) is 6.92 Å². The maximum Gasteiger partial charge on any atom is 0.286 e. The van der Waals surface area contributed by atoms with E-state index in [2.05, 4.69) is 4.99 Å². The zero-order valence-corrected chi connectivity index (χ0v) is 14.2. The summed E-state index contributed by atoms with van der Waals surface area (Å²) in [6.45, 7) is 1.32. The highest BCUT2D eigenvalue weighted by Crippen LogP contribution is 2.15. The fraction of sp³-hybridized carbons (Fsp3) is 0.167. The predicted molar refractivity (Wildman–Crippen MR) is 93.3 cm³/mol. The molecule has 3 rings (SSSR count). The molecule has 0 N–H and O–H groups in total. The van der Waals surface area contributed by atoms with Crippen molar-refractivity contribution in [2.75, 3.05) is 6.61 Å². The number of rotatable bonds is 4. The van der Waals surface area contributed by atoms with Crippen LogP contribution in [-0.4, -0.2) is 22.9 Å². The van der Waals surface area contributed by atoms with Gasteiger partial charge in [0.2, 0.25) is 0 Å². The molecule has 122 valence electrons. The van der Waals surface area contributed by atoms with E-state index in [-0.39, 0.29) is 18.3 Å². The summed E-state index contributed by atoms with van der Waals surface area (Å²) < 4.78 is 8.40. The Morgan fingerprint density at radius 3 is 2.71 bits per heavy atom. The number of thiazole rings is 1. The summed E-state index contributed by atoms with van der Waals surface area (Å²) in [6, 6.07) is 14.6. The average molecular weight is 340 g/mol. The molecule has 1 aromatic heterocycles. The topological polar surface area (TPSA) is 60.7 Å². The standard InChI is InChI=1S/C18H16N2O3S/c1-12(21)13-6-5-7-14(10-13)23-11-17(22)19-18-20(2)15-8-3-4-9-16(15)24-18/h3-10H,11H2,1-2H3. The maximum absolute atomic E-state index is 12.1. The Labute approximate surface area is 142 Å². The Hall–Kier alpha value is -2.73. The second-order valence-electron chi connectivity index (χ2n) is 5.29. The van der Waals surface area contributed by atoms with Gasteiger partial charge in [0.05, 0.1) is 10.2 Å². The largest absolute Gasteiger partial charge is 0.484 e. The number of ether oxygens (including phenoxy) is 1. The lowest BCUT2D eigenvalue weighted by molar-refractivity contribution is -0.120. The molecule has 0 bridgehead atoms. The van der Waals surface area contributed by atoms with Gasteiger partial charge in [-0.1, -0.05) is 35.6 Å². The average Bonchev–Trinajstić information content (AvgIpc) is 2.89. The minimum absolute atomic E-state index is 0.0474. The monoisotopic (exact) mass is 340 g/mol. The minimum atomic E-state index is -0.370. The number of carbonyl (C=O) groups is 2. The smallest absolute Gasteiger partial charge is 0.286 e. The van der Waals surface area contributed by atoms with E-state index in [4.69, 9.17) is 4.74 Å². The summed E-state index contributed by atoms with van der Waals surface area (Å²) in [6.07, 6.45) is 0. The number of aromatic nitrogens is 1. The molecule has 0 saturated carbocycles. The third kappa shape index (κ3) is 3.44. The lowest BCUT2D eigenvalue weighted by atomic mass is 10.1. The Bertz CT molecular complexity index is 985. The number of aryl methyl sites for hydroxylation is 1. The summed E-state index contributed by atoms with van der Waals surface area (Å²) in [7, 11) is 1.88. The maximum atomic E-state index is 12.1. The van der Waals surface area contributed by atoms with E-state index in [9.17, 15) is 9.59 Å². The van der Waals surface area contributed by atoms with Gasteiger partial charge in [-0.2, -0.15) is 4.99 Å². The third-order valence-electron chi connectivity index (χ3n) is 3.54. The van der Waals surface area contributed by atoms with Crippen molar-refractivity contribution in [1.29, 1.82) is 0 Å². The van der Waals surface area contributed by atoms with Gasteiger partial charge in [0.15, 0.2) is 17.2 Å². The van der Waals surface area contributed by atoms with Crippen molar-refractivity contribution in [2.24, 2.45) is 12.0 Å². The molecule has 0 spiro atoms. The van der Waals surface area contributed by atoms with Crippen molar-refractivity contribution in [3.63, 3.8) is 0 Å². The van der Waals surface area contributed by atoms with E-state index >= 15 is 0 Å². The van der Waals surface area contributed by atoms with Crippen molar-refractivity contribution < 1.29 is 14.3 Å². The van der Waals surface area contributed by atoms with Gasteiger partial charge >= 0.3 is 0 Å². The molecule has 2 aromatic carbocycles. The van der Waals surface area contributed by atoms with E-state index in [1.54, 1.807) is 24.3 Å². The van der Waals surface area contributed by atoms with Crippen LogP contribution in [0.1, 0.15) is 17.3 Å². The summed E-state index contributed by atoms with van der Waals surface area (Å²) in [5.41, 5.74) is 1.58. The summed E-state index contributed by atoms with van der Waals surface area (Å²) in [5.74, 6) is 0.0612. The van der Waals surface area contributed by atoms with Crippen LogP contribution in [-0.2, 0) is 11.8 Å². The molecule has 0 radical (unpaired) electrons. The highest BCUT2D eigenvalue weighted by molar-refractivity contribution is 7.16. The van der Waals surface area contributed by atoms with Gasteiger partial charge in [0.1, 0.15) is 5.75 Å². The first-order valence-electron chi connectivity index (χ1n) is 7.40. The number of hydrogen-bond donors (Lipinski definition) is 0. The number of nitrogens with zero attached hydrogens (tertiary/aromatic N) is 2. The molecule has 0 aliphatic carbocycles.